The van der Waals surface area contributed by atoms with Crippen LogP contribution in [-0.2, 0) is 13.6 Å². The molecule has 0 aliphatic heterocycles. The van der Waals surface area contributed by atoms with E-state index >= 15 is 0 Å². The highest BCUT2D eigenvalue weighted by Crippen LogP contribution is 2.49. The molecular formula is C4H9ClO3P. The molecule has 9 heavy (non-hydrogen) atoms. The van der Waals surface area contributed by atoms with Gasteiger partial charge in [-0.25, -0.2) is 0 Å². The van der Waals surface area contributed by atoms with Gasteiger partial charge in [-0.3, -0.25) is 4.57 Å². The minimum absolute atomic E-state index is 0.166. The van der Waals surface area contributed by atoms with E-state index < -0.39 is 7.60 Å². The van der Waals surface area contributed by atoms with Gasteiger partial charge >= 0.3 is 7.60 Å². The SMILES string of the molecule is COP(=O)([CH]CCl)OC. The lowest BCUT2D eigenvalue weighted by Gasteiger charge is -2.09. The van der Waals surface area contributed by atoms with Crippen molar-refractivity contribution in [2.45, 2.75) is 0 Å². The largest absolute Gasteiger partial charge is 0.335 e. The molecule has 3 nitrogen and oxygen atoms in total. The van der Waals surface area contributed by atoms with Crippen molar-refractivity contribution >= 4 is 19.2 Å². The van der Waals surface area contributed by atoms with Gasteiger partial charge < -0.3 is 9.05 Å². The van der Waals surface area contributed by atoms with Crippen LogP contribution in [0.5, 0.6) is 0 Å². The Morgan fingerprint density at radius 3 is 2.11 bits per heavy atom. The van der Waals surface area contributed by atoms with Crippen molar-refractivity contribution in [3.63, 3.8) is 0 Å². The molecule has 0 rings (SSSR count). The zero-order valence-corrected chi connectivity index (χ0v) is 6.98. The molecule has 5 heteroatoms. The van der Waals surface area contributed by atoms with Gasteiger partial charge in [0.2, 0.25) is 0 Å². The van der Waals surface area contributed by atoms with Gasteiger partial charge in [0.1, 0.15) is 0 Å². The Morgan fingerprint density at radius 2 is 2.00 bits per heavy atom. The molecule has 1 radical (unpaired) electrons. The number of hydrogen-bond acceptors (Lipinski definition) is 3. The lowest BCUT2D eigenvalue weighted by molar-refractivity contribution is 0.282. The van der Waals surface area contributed by atoms with Gasteiger partial charge in [-0.1, -0.05) is 0 Å². The molecule has 0 bridgehead atoms. The number of halogens is 1. The lowest BCUT2D eigenvalue weighted by Crippen LogP contribution is -1.89. The maximum atomic E-state index is 11.0. The summed E-state index contributed by atoms with van der Waals surface area (Å²) in [7, 11) is -0.312. The summed E-state index contributed by atoms with van der Waals surface area (Å²) in [5.41, 5.74) is 0. The van der Waals surface area contributed by atoms with Crippen LogP contribution in [0.15, 0.2) is 0 Å². The lowest BCUT2D eigenvalue weighted by atomic mass is 11.0. The summed E-state index contributed by atoms with van der Waals surface area (Å²) in [5.74, 6) is 0.166. The molecule has 0 unspecified atom stereocenters. The fraction of sp³-hybridized carbons (Fsp3) is 0.750. The molecule has 0 atom stereocenters. The van der Waals surface area contributed by atoms with Crippen molar-refractivity contribution in [1.29, 1.82) is 0 Å². The van der Waals surface area contributed by atoms with E-state index in [2.05, 4.69) is 9.05 Å². The highest BCUT2D eigenvalue weighted by Gasteiger charge is 2.19. The third kappa shape index (κ3) is 3.21. The quantitative estimate of drug-likeness (QED) is 0.479. The summed E-state index contributed by atoms with van der Waals surface area (Å²) in [6.07, 6.45) is 1.30. The Labute approximate surface area is 59.8 Å². The fourth-order valence-corrected chi connectivity index (χ4v) is 1.43. The predicted molar refractivity (Wildman–Crippen MR) is 36.6 cm³/mol. The minimum Gasteiger partial charge on any atom is -0.312 e. The third-order valence-corrected chi connectivity index (χ3v) is 2.82. The molecule has 0 N–H and O–H groups in total. The van der Waals surface area contributed by atoms with E-state index in [0.717, 1.165) is 0 Å². The summed E-state index contributed by atoms with van der Waals surface area (Å²) in [4.78, 5) is 0. The van der Waals surface area contributed by atoms with E-state index in [9.17, 15) is 4.57 Å². The predicted octanol–water partition coefficient (Wildman–Crippen LogP) is 1.87. The van der Waals surface area contributed by atoms with Crippen LogP contribution in [0.1, 0.15) is 0 Å². The highest BCUT2D eigenvalue weighted by atomic mass is 35.5. The van der Waals surface area contributed by atoms with Gasteiger partial charge in [-0.05, 0) is 0 Å². The average Bonchev–Trinajstić information content (AvgIpc) is 1.89. The van der Waals surface area contributed by atoms with Crippen molar-refractivity contribution < 1.29 is 13.6 Å². The van der Waals surface area contributed by atoms with Crippen LogP contribution in [0.25, 0.3) is 0 Å². The number of hydrogen-bond donors (Lipinski definition) is 0. The van der Waals surface area contributed by atoms with Crippen LogP contribution < -0.4 is 0 Å². The molecule has 55 valence electrons. The molecule has 0 heterocycles. The fourth-order valence-electron chi connectivity index (χ4n) is 0.308. The first kappa shape index (κ1) is 9.44. The van der Waals surface area contributed by atoms with Gasteiger partial charge in [0.05, 0.1) is 6.16 Å². The first-order chi connectivity index (χ1) is 4.18. The summed E-state index contributed by atoms with van der Waals surface area (Å²) in [6, 6.07) is 0. The Hall–Kier alpha value is 0.440. The van der Waals surface area contributed by atoms with Crippen molar-refractivity contribution in [1.82, 2.24) is 0 Å². The van der Waals surface area contributed by atoms with Gasteiger partial charge in [0.15, 0.2) is 0 Å². The van der Waals surface area contributed by atoms with E-state index in [1.54, 1.807) is 0 Å². The van der Waals surface area contributed by atoms with E-state index in [4.69, 9.17) is 11.6 Å². The van der Waals surface area contributed by atoms with Crippen molar-refractivity contribution in [2.24, 2.45) is 0 Å². The second-order valence-corrected chi connectivity index (χ2v) is 3.73. The smallest absolute Gasteiger partial charge is 0.312 e. The molecule has 0 fully saturated rings. The molecule has 0 aromatic carbocycles. The number of alkyl halides is 1. The molecule has 0 aliphatic rings. The van der Waals surface area contributed by atoms with Gasteiger partial charge in [0, 0.05) is 20.1 Å². The molecule has 0 aliphatic carbocycles. The van der Waals surface area contributed by atoms with E-state index in [1.807, 2.05) is 0 Å². The molecule has 0 spiro atoms. The Balaban J connectivity index is 3.78. The maximum Gasteiger partial charge on any atom is 0.335 e. The van der Waals surface area contributed by atoms with Gasteiger partial charge in [-0.2, -0.15) is 0 Å². The Morgan fingerprint density at radius 1 is 1.56 bits per heavy atom. The van der Waals surface area contributed by atoms with Crippen molar-refractivity contribution in [2.75, 3.05) is 20.1 Å². The molecule has 0 amide bonds. The van der Waals surface area contributed by atoms with E-state index in [0.29, 0.717) is 0 Å². The average molecular weight is 172 g/mol. The first-order valence-corrected chi connectivity index (χ1v) is 4.44. The molecule has 0 saturated heterocycles. The standard InChI is InChI=1S/C4H9ClO3P/c1-7-9(6,8-2)4-3-5/h4H,3H2,1-2H3. The normalized spacial score (nSPS) is 11.9. The summed E-state index contributed by atoms with van der Waals surface area (Å²) >= 11 is 5.26. The maximum absolute atomic E-state index is 11.0. The number of rotatable bonds is 4. The summed E-state index contributed by atoms with van der Waals surface area (Å²) < 4.78 is 20.0. The van der Waals surface area contributed by atoms with Crippen LogP contribution in [0, 0.1) is 6.16 Å². The topological polar surface area (TPSA) is 35.5 Å². The van der Waals surface area contributed by atoms with Crippen LogP contribution in [0.4, 0.5) is 0 Å². The van der Waals surface area contributed by atoms with Crippen molar-refractivity contribution in [3.05, 3.63) is 6.16 Å². The Kier molecular flexibility index (Phi) is 4.50. The third-order valence-electron chi connectivity index (χ3n) is 0.802. The minimum atomic E-state index is -2.94. The van der Waals surface area contributed by atoms with Gasteiger partial charge in [0.25, 0.3) is 0 Å². The molecule has 0 aromatic rings. The summed E-state index contributed by atoms with van der Waals surface area (Å²) in [6.45, 7) is 0. The zero-order chi connectivity index (χ0) is 7.33. The summed E-state index contributed by atoms with van der Waals surface area (Å²) in [5, 5.41) is 0. The van der Waals surface area contributed by atoms with Gasteiger partial charge in [-0.15, -0.1) is 11.6 Å². The molecule has 0 aromatic heterocycles. The molecular weight excluding hydrogens is 162 g/mol. The van der Waals surface area contributed by atoms with E-state index in [1.165, 1.54) is 20.4 Å². The highest BCUT2D eigenvalue weighted by molar-refractivity contribution is 7.56. The second-order valence-electron chi connectivity index (χ2n) is 1.24. The monoisotopic (exact) mass is 171 g/mol. The molecule has 0 saturated carbocycles. The second kappa shape index (κ2) is 4.29. The van der Waals surface area contributed by atoms with Crippen molar-refractivity contribution in [3.8, 4) is 0 Å². The van der Waals surface area contributed by atoms with Crippen LogP contribution >= 0.6 is 19.2 Å². The zero-order valence-electron chi connectivity index (χ0n) is 5.33. The van der Waals surface area contributed by atoms with Crippen LogP contribution in [0.3, 0.4) is 0 Å². The van der Waals surface area contributed by atoms with E-state index in [-0.39, 0.29) is 5.88 Å². The van der Waals surface area contributed by atoms with Crippen LogP contribution in [-0.4, -0.2) is 20.1 Å². The Bertz CT molecular complexity index is 108. The first-order valence-electron chi connectivity index (χ1n) is 2.30. The van der Waals surface area contributed by atoms with Crippen LogP contribution in [0.2, 0.25) is 0 Å².